The van der Waals surface area contributed by atoms with E-state index in [4.69, 9.17) is 9.47 Å². The highest BCUT2D eigenvalue weighted by Crippen LogP contribution is 2.18. The smallest absolute Gasteiger partial charge is 0.339 e. The van der Waals surface area contributed by atoms with Crippen LogP contribution in [0.3, 0.4) is 0 Å². The number of carbonyl (C=O) groups excluding carboxylic acids is 2. The molecular weight excluding hydrogens is 410 g/mol. The van der Waals surface area contributed by atoms with Gasteiger partial charge in [0.2, 0.25) is 5.91 Å². The second-order valence-corrected chi connectivity index (χ2v) is 7.31. The summed E-state index contributed by atoms with van der Waals surface area (Å²) in [5.74, 6) is -1.10. The summed E-state index contributed by atoms with van der Waals surface area (Å²) in [5, 5.41) is 4.34. The van der Waals surface area contributed by atoms with E-state index in [1.54, 1.807) is 36.8 Å². The Hall–Kier alpha value is -3.24. The van der Waals surface area contributed by atoms with Gasteiger partial charge in [-0.2, -0.15) is 0 Å². The molecular formula is C20H21N3O6S. The molecule has 0 bridgehead atoms. The van der Waals surface area contributed by atoms with Crippen molar-refractivity contribution in [2.24, 2.45) is 0 Å². The SMILES string of the molecule is COCCCn1c(=O)c2sccc2n(CC(=O)Nc2ccccc2C(=O)OC)c1=O. The summed E-state index contributed by atoms with van der Waals surface area (Å²) < 4.78 is 12.5. The number of nitrogens with one attached hydrogen (secondary N) is 1. The second kappa shape index (κ2) is 9.51. The number of fused-ring (bicyclic) bond motifs is 1. The molecule has 2 heterocycles. The van der Waals surface area contributed by atoms with Crippen molar-refractivity contribution < 1.29 is 19.1 Å². The van der Waals surface area contributed by atoms with Crippen molar-refractivity contribution >= 4 is 39.1 Å². The highest BCUT2D eigenvalue weighted by atomic mass is 32.1. The predicted octanol–water partition coefficient (Wildman–Crippen LogP) is 1.69. The van der Waals surface area contributed by atoms with Crippen molar-refractivity contribution in [1.29, 1.82) is 0 Å². The zero-order chi connectivity index (χ0) is 21.7. The first kappa shape index (κ1) is 21.5. The van der Waals surface area contributed by atoms with E-state index in [-0.39, 0.29) is 29.9 Å². The maximum absolute atomic E-state index is 12.9. The van der Waals surface area contributed by atoms with Gasteiger partial charge in [0, 0.05) is 20.3 Å². The van der Waals surface area contributed by atoms with Gasteiger partial charge in [-0.25, -0.2) is 9.59 Å². The lowest BCUT2D eigenvalue weighted by Crippen LogP contribution is -2.41. The minimum Gasteiger partial charge on any atom is -0.465 e. The molecule has 158 valence electrons. The number of nitrogens with zero attached hydrogens (tertiary/aromatic N) is 2. The molecule has 0 aliphatic carbocycles. The van der Waals surface area contributed by atoms with Gasteiger partial charge in [-0.1, -0.05) is 12.1 Å². The Morgan fingerprint density at radius 1 is 1.10 bits per heavy atom. The molecule has 0 radical (unpaired) electrons. The summed E-state index contributed by atoms with van der Waals surface area (Å²) >= 11 is 1.21. The molecule has 1 aromatic carbocycles. The molecule has 0 spiro atoms. The number of carbonyl (C=O) groups is 2. The summed E-state index contributed by atoms with van der Waals surface area (Å²) in [6.07, 6.45) is 0.487. The maximum atomic E-state index is 12.9. The van der Waals surface area contributed by atoms with Gasteiger partial charge in [0.25, 0.3) is 5.56 Å². The molecule has 0 saturated heterocycles. The quantitative estimate of drug-likeness (QED) is 0.429. The summed E-state index contributed by atoms with van der Waals surface area (Å²) in [7, 11) is 2.79. The average molecular weight is 431 g/mol. The Balaban J connectivity index is 1.93. The van der Waals surface area contributed by atoms with Gasteiger partial charge in [-0.15, -0.1) is 11.3 Å². The number of aromatic nitrogens is 2. The molecule has 0 fully saturated rings. The fourth-order valence-corrected chi connectivity index (χ4v) is 3.91. The van der Waals surface area contributed by atoms with Gasteiger partial charge in [0.05, 0.1) is 23.9 Å². The van der Waals surface area contributed by atoms with Crippen molar-refractivity contribution in [2.45, 2.75) is 19.5 Å². The number of hydrogen-bond acceptors (Lipinski definition) is 7. The van der Waals surface area contributed by atoms with E-state index in [1.807, 2.05) is 0 Å². The number of benzene rings is 1. The Morgan fingerprint density at radius 3 is 2.60 bits per heavy atom. The molecule has 2 aromatic heterocycles. The van der Waals surface area contributed by atoms with Crippen LogP contribution >= 0.6 is 11.3 Å². The lowest BCUT2D eigenvalue weighted by atomic mass is 10.2. The predicted molar refractivity (Wildman–Crippen MR) is 113 cm³/mol. The molecule has 3 aromatic rings. The Bertz CT molecular complexity index is 1190. The number of ether oxygens (including phenoxy) is 2. The number of rotatable bonds is 8. The van der Waals surface area contributed by atoms with Gasteiger partial charge in [0.1, 0.15) is 11.2 Å². The molecule has 0 aliphatic heterocycles. The molecule has 9 nitrogen and oxygen atoms in total. The minimum absolute atomic E-state index is 0.187. The maximum Gasteiger partial charge on any atom is 0.339 e. The first-order valence-corrected chi connectivity index (χ1v) is 10.0. The second-order valence-electron chi connectivity index (χ2n) is 6.39. The van der Waals surface area contributed by atoms with E-state index < -0.39 is 17.6 Å². The topological polar surface area (TPSA) is 109 Å². The van der Waals surface area contributed by atoms with Crippen LogP contribution in [0.2, 0.25) is 0 Å². The van der Waals surface area contributed by atoms with Crippen molar-refractivity contribution in [3.63, 3.8) is 0 Å². The van der Waals surface area contributed by atoms with E-state index in [1.165, 1.54) is 29.1 Å². The van der Waals surface area contributed by atoms with Crippen LogP contribution < -0.4 is 16.6 Å². The lowest BCUT2D eigenvalue weighted by molar-refractivity contribution is -0.116. The van der Waals surface area contributed by atoms with E-state index in [0.717, 1.165) is 4.57 Å². The number of para-hydroxylation sites is 1. The summed E-state index contributed by atoms with van der Waals surface area (Å²) in [4.78, 5) is 50.2. The molecule has 0 atom stereocenters. The van der Waals surface area contributed by atoms with E-state index >= 15 is 0 Å². The van der Waals surface area contributed by atoms with Crippen molar-refractivity contribution in [1.82, 2.24) is 9.13 Å². The van der Waals surface area contributed by atoms with Crippen LogP contribution in [-0.4, -0.2) is 41.8 Å². The van der Waals surface area contributed by atoms with Crippen LogP contribution in [0.1, 0.15) is 16.8 Å². The number of anilines is 1. The van der Waals surface area contributed by atoms with E-state index in [0.29, 0.717) is 23.2 Å². The largest absolute Gasteiger partial charge is 0.465 e. The molecule has 0 saturated carbocycles. The normalized spacial score (nSPS) is 10.9. The first-order chi connectivity index (χ1) is 14.5. The van der Waals surface area contributed by atoms with E-state index in [9.17, 15) is 19.2 Å². The summed E-state index contributed by atoms with van der Waals surface area (Å²) in [5.41, 5.74) is -0.0788. The van der Waals surface area contributed by atoms with Crippen molar-refractivity contribution in [3.05, 3.63) is 62.1 Å². The fourth-order valence-electron chi connectivity index (χ4n) is 3.06. The van der Waals surface area contributed by atoms with Gasteiger partial charge in [-0.05, 0) is 30.0 Å². The first-order valence-electron chi connectivity index (χ1n) is 9.15. The molecule has 0 unspecified atom stereocenters. The van der Waals surface area contributed by atoms with Crippen LogP contribution in [-0.2, 0) is 27.4 Å². The fraction of sp³-hybridized carbons (Fsp3) is 0.300. The Labute approximate surface area is 175 Å². The zero-order valence-corrected chi connectivity index (χ0v) is 17.4. The van der Waals surface area contributed by atoms with Crippen LogP contribution in [0.4, 0.5) is 5.69 Å². The monoisotopic (exact) mass is 431 g/mol. The van der Waals surface area contributed by atoms with Crippen LogP contribution in [0, 0.1) is 0 Å². The summed E-state index contributed by atoms with van der Waals surface area (Å²) in [6, 6.07) is 8.05. The number of amides is 1. The Kier molecular flexibility index (Phi) is 6.80. The van der Waals surface area contributed by atoms with Gasteiger partial charge >= 0.3 is 11.7 Å². The number of methoxy groups -OCH3 is 2. The highest BCUT2D eigenvalue weighted by Gasteiger charge is 2.18. The molecule has 3 rings (SSSR count). The highest BCUT2D eigenvalue weighted by molar-refractivity contribution is 7.17. The Morgan fingerprint density at radius 2 is 1.87 bits per heavy atom. The van der Waals surface area contributed by atoms with E-state index in [2.05, 4.69) is 5.32 Å². The van der Waals surface area contributed by atoms with Gasteiger partial charge < -0.3 is 14.8 Å². The van der Waals surface area contributed by atoms with Crippen LogP contribution in [0.25, 0.3) is 10.2 Å². The standard InChI is InChI=1S/C20H21N3O6S/c1-28-10-5-9-22-18(25)17-15(8-11-30-17)23(20(22)27)12-16(24)21-14-7-4-3-6-13(14)19(26)29-2/h3-4,6-8,11H,5,9-10,12H2,1-2H3,(H,21,24). The molecule has 10 heteroatoms. The molecule has 1 amide bonds. The summed E-state index contributed by atoms with van der Waals surface area (Å²) in [6.45, 7) is 0.275. The third kappa shape index (κ3) is 4.34. The molecule has 30 heavy (non-hydrogen) atoms. The van der Waals surface area contributed by atoms with Crippen molar-refractivity contribution in [2.75, 3.05) is 26.1 Å². The molecule has 1 N–H and O–H groups in total. The number of thiophene rings is 1. The third-order valence-corrected chi connectivity index (χ3v) is 5.37. The van der Waals surface area contributed by atoms with Gasteiger partial charge in [0.15, 0.2) is 0 Å². The third-order valence-electron chi connectivity index (χ3n) is 4.47. The lowest BCUT2D eigenvalue weighted by Gasteiger charge is -2.13. The van der Waals surface area contributed by atoms with Crippen LogP contribution in [0.5, 0.6) is 0 Å². The average Bonchev–Trinajstić information content (AvgIpc) is 3.23. The van der Waals surface area contributed by atoms with Gasteiger partial charge in [-0.3, -0.25) is 18.7 Å². The minimum atomic E-state index is -0.588. The van der Waals surface area contributed by atoms with Crippen molar-refractivity contribution in [3.8, 4) is 0 Å². The number of esters is 1. The zero-order valence-electron chi connectivity index (χ0n) is 16.5. The number of hydrogen-bond donors (Lipinski definition) is 1. The van der Waals surface area contributed by atoms with Crippen LogP contribution in [0.15, 0.2) is 45.3 Å². The molecule has 0 aliphatic rings.